The number of halogens is 5. The van der Waals surface area contributed by atoms with E-state index in [2.05, 4.69) is 15.6 Å². The standard InChI is InChI=1S/C22H23ClF4N4O4/c1-11-5-6-28-19(23)18(11)30-20(33)14-8-15(24)16(9-17(14)35-12(2)22(25,26)27)29-21(34)31-7-3-4-13(31)10-32/h5-6,8-9,12-13,32H,3-4,7,10H2,1-2H3,(H,29,34)(H,30,33)/t12-,13+/m0/s1. The van der Waals surface area contributed by atoms with E-state index in [1.54, 1.807) is 13.0 Å². The van der Waals surface area contributed by atoms with Crippen molar-refractivity contribution in [2.45, 2.75) is 45.0 Å². The van der Waals surface area contributed by atoms with E-state index < -0.39 is 53.1 Å². The largest absolute Gasteiger partial charge is 0.480 e. The summed E-state index contributed by atoms with van der Waals surface area (Å²) in [6.45, 7) is 2.37. The van der Waals surface area contributed by atoms with Gasteiger partial charge < -0.3 is 25.4 Å². The highest BCUT2D eigenvalue weighted by atomic mass is 35.5. The lowest BCUT2D eigenvalue weighted by molar-refractivity contribution is -0.189. The number of nitrogens with zero attached hydrogens (tertiary/aromatic N) is 2. The summed E-state index contributed by atoms with van der Waals surface area (Å²) in [4.78, 5) is 30.6. The molecule has 0 bridgehead atoms. The van der Waals surface area contributed by atoms with Crippen LogP contribution in [0.4, 0.5) is 33.7 Å². The minimum atomic E-state index is -4.78. The van der Waals surface area contributed by atoms with Gasteiger partial charge in [0.25, 0.3) is 5.91 Å². The maximum atomic E-state index is 14.9. The number of carbonyl (C=O) groups excluding carboxylic acids is 2. The van der Waals surface area contributed by atoms with Crippen LogP contribution in [0.5, 0.6) is 5.75 Å². The smallest absolute Gasteiger partial charge is 0.425 e. The van der Waals surface area contributed by atoms with Crippen LogP contribution < -0.4 is 15.4 Å². The van der Waals surface area contributed by atoms with Crippen molar-refractivity contribution in [3.63, 3.8) is 0 Å². The van der Waals surface area contributed by atoms with Gasteiger partial charge in [-0.15, -0.1) is 0 Å². The number of likely N-dealkylation sites (tertiary alicyclic amines) is 1. The number of carbonyl (C=O) groups is 2. The maximum Gasteiger partial charge on any atom is 0.425 e. The zero-order valence-electron chi connectivity index (χ0n) is 18.7. The molecule has 0 unspecified atom stereocenters. The summed E-state index contributed by atoms with van der Waals surface area (Å²) in [7, 11) is 0. The number of aliphatic hydroxyl groups is 1. The van der Waals surface area contributed by atoms with E-state index in [0.29, 0.717) is 31.0 Å². The minimum Gasteiger partial charge on any atom is -0.480 e. The van der Waals surface area contributed by atoms with Crippen molar-refractivity contribution in [2.75, 3.05) is 23.8 Å². The summed E-state index contributed by atoms with van der Waals surface area (Å²) < 4.78 is 59.4. The molecule has 1 aliphatic heterocycles. The van der Waals surface area contributed by atoms with E-state index in [1.165, 1.54) is 11.1 Å². The number of alkyl halides is 3. The first-order valence-corrected chi connectivity index (χ1v) is 11.0. The van der Waals surface area contributed by atoms with Gasteiger partial charge in [0, 0.05) is 18.8 Å². The van der Waals surface area contributed by atoms with Gasteiger partial charge in [-0.25, -0.2) is 14.2 Å². The molecule has 3 amide bonds. The predicted molar refractivity (Wildman–Crippen MR) is 120 cm³/mol. The first kappa shape index (κ1) is 26.5. The molecule has 0 radical (unpaired) electrons. The van der Waals surface area contributed by atoms with Gasteiger partial charge in [0.15, 0.2) is 11.3 Å². The first-order chi connectivity index (χ1) is 16.4. The van der Waals surface area contributed by atoms with Crippen LogP contribution in [0.1, 0.15) is 35.7 Å². The summed E-state index contributed by atoms with van der Waals surface area (Å²) >= 11 is 5.99. The Morgan fingerprint density at radius 2 is 2.06 bits per heavy atom. The van der Waals surface area contributed by atoms with Crippen molar-refractivity contribution >= 4 is 34.9 Å². The fourth-order valence-corrected chi connectivity index (χ4v) is 3.77. The molecule has 8 nitrogen and oxygen atoms in total. The Kier molecular flexibility index (Phi) is 8.06. The van der Waals surface area contributed by atoms with Crippen molar-refractivity contribution in [3.8, 4) is 5.75 Å². The number of hydrogen-bond donors (Lipinski definition) is 3. The quantitative estimate of drug-likeness (QED) is 0.378. The van der Waals surface area contributed by atoms with Crippen LogP contribution in [0.15, 0.2) is 24.4 Å². The van der Waals surface area contributed by atoms with E-state index in [9.17, 15) is 32.3 Å². The highest BCUT2D eigenvalue weighted by Gasteiger charge is 2.39. The van der Waals surface area contributed by atoms with Gasteiger partial charge in [0.05, 0.1) is 29.6 Å². The zero-order valence-corrected chi connectivity index (χ0v) is 19.5. The Labute approximate surface area is 203 Å². The number of benzene rings is 1. The van der Waals surface area contributed by atoms with Crippen LogP contribution in [0.3, 0.4) is 0 Å². The van der Waals surface area contributed by atoms with Crippen LogP contribution in [-0.2, 0) is 0 Å². The molecule has 0 spiro atoms. The number of rotatable bonds is 6. The molecule has 0 aliphatic carbocycles. The van der Waals surface area contributed by atoms with Crippen LogP contribution in [0, 0.1) is 12.7 Å². The van der Waals surface area contributed by atoms with Gasteiger partial charge in [0.2, 0.25) is 0 Å². The molecule has 2 aromatic rings. The third kappa shape index (κ3) is 6.12. The maximum absolute atomic E-state index is 14.9. The monoisotopic (exact) mass is 518 g/mol. The molecule has 2 heterocycles. The van der Waals surface area contributed by atoms with Gasteiger partial charge in [0.1, 0.15) is 11.6 Å². The fourth-order valence-electron chi connectivity index (χ4n) is 3.52. The molecule has 1 aromatic carbocycles. The average molecular weight is 519 g/mol. The van der Waals surface area contributed by atoms with Crippen molar-refractivity contribution in [1.82, 2.24) is 9.88 Å². The third-order valence-corrected chi connectivity index (χ3v) is 5.81. The number of aliphatic hydroxyl groups excluding tert-OH is 1. The van der Waals surface area contributed by atoms with Gasteiger partial charge in [-0.05, 0) is 44.4 Å². The molecule has 1 aromatic heterocycles. The first-order valence-electron chi connectivity index (χ1n) is 10.6. The topological polar surface area (TPSA) is 104 Å². The van der Waals surface area contributed by atoms with Gasteiger partial charge in [-0.1, -0.05) is 11.6 Å². The molecule has 1 saturated heterocycles. The van der Waals surface area contributed by atoms with Crippen LogP contribution in [0.25, 0.3) is 0 Å². The second-order valence-electron chi connectivity index (χ2n) is 7.98. The van der Waals surface area contributed by atoms with Crippen molar-refractivity contribution in [2.24, 2.45) is 0 Å². The Morgan fingerprint density at radius 3 is 2.69 bits per heavy atom. The number of nitrogens with one attached hydrogen (secondary N) is 2. The van der Waals surface area contributed by atoms with Crippen LogP contribution >= 0.6 is 11.6 Å². The number of aromatic nitrogens is 1. The summed E-state index contributed by atoms with van der Waals surface area (Å²) in [6, 6.07) is 1.81. The number of anilines is 2. The number of urea groups is 1. The summed E-state index contributed by atoms with van der Waals surface area (Å²) in [5, 5.41) is 14.0. The summed E-state index contributed by atoms with van der Waals surface area (Å²) in [6.07, 6.45) is -4.54. The summed E-state index contributed by atoms with van der Waals surface area (Å²) in [5.41, 5.74) is -0.436. The number of hydrogen-bond acceptors (Lipinski definition) is 5. The molecule has 3 rings (SSSR count). The molecule has 0 saturated carbocycles. The molecule has 190 valence electrons. The number of amides is 3. The van der Waals surface area contributed by atoms with Crippen molar-refractivity contribution in [1.29, 1.82) is 0 Å². The molecular formula is C22H23ClF4N4O4. The Balaban J connectivity index is 1.95. The van der Waals surface area contributed by atoms with Crippen LogP contribution in [0.2, 0.25) is 5.15 Å². The predicted octanol–water partition coefficient (Wildman–Crippen LogP) is 4.75. The zero-order chi connectivity index (χ0) is 25.9. The van der Waals surface area contributed by atoms with Gasteiger partial charge in [-0.2, -0.15) is 13.2 Å². The van der Waals surface area contributed by atoms with E-state index in [4.69, 9.17) is 16.3 Å². The second-order valence-corrected chi connectivity index (χ2v) is 8.34. The Hall–Kier alpha value is -3.12. The molecule has 3 N–H and O–H groups in total. The fraction of sp³-hybridized carbons (Fsp3) is 0.409. The normalized spacial score (nSPS) is 16.7. The highest BCUT2D eigenvalue weighted by Crippen LogP contribution is 2.33. The summed E-state index contributed by atoms with van der Waals surface area (Å²) in [5.74, 6) is -2.69. The number of pyridine rings is 1. The van der Waals surface area contributed by atoms with Gasteiger partial charge in [-0.3, -0.25) is 4.79 Å². The van der Waals surface area contributed by atoms with E-state index >= 15 is 0 Å². The second kappa shape index (κ2) is 10.6. The molecular weight excluding hydrogens is 496 g/mol. The minimum absolute atomic E-state index is 0.0714. The highest BCUT2D eigenvalue weighted by molar-refractivity contribution is 6.33. The molecule has 1 aliphatic rings. The number of aryl methyl sites for hydroxylation is 1. The van der Waals surface area contributed by atoms with Gasteiger partial charge >= 0.3 is 12.2 Å². The van der Waals surface area contributed by atoms with Crippen molar-refractivity contribution < 1.29 is 37.0 Å². The van der Waals surface area contributed by atoms with Crippen LogP contribution in [-0.4, -0.2) is 58.4 Å². The van der Waals surface area contributed by atoms with E-state index in [0.717, 1.165) is 13.0 Å². The van der Waals surface area contributed by atoms with E-state index in [-0.39, 0.29) is 17.4 Å². The number of ether oxygens (including phenoxy) is 1. The lowest BCUT2D eigenvalue weighted by atomic mass is 10.1. The lowest BCUT2D eigenvalue weighted by Gasteiger charge is -2.24. The van der Waals surface area contributed by atoms with E-state index in [1.807, 2.05) is 0 Å². The molecule has 2 atom stereocenters. The third-order valence-electron chi connectivity index (χ3n) is 5.52. The van der Waals surface area contributed by atoms with Crippen molar-refractivity contribution in [3.05, 3.63) is 46.5 Å². The SMILES string of the molecule is Cc1ccnc(Cl)c1NC(=O)c1cc(F)c(NC(=O)N2CCC[C@@H]2CO)cc1O[C@@H](C)C(F)(F)F. The molecule has 1 fully saturated rings. The Bertz CT molecular complexity index is 1100. The Morgan fingerprint density at radius 1 is 1.34 bits per heavy atom. The lowest BCUT2D eigenvalue weighted by Crippen LogP contribution is -2.40. The molecule has 13 heteroatoms. The average Bonchev–Trinajstić information content (AvgIpc) is 3.26. The molecule has 35 heavy (non-hydrogen) atoms.